The highest BCUT2D eigenvalue weighted by Gasteiger charge is 2.22. The molecule has 0 saturated heterocycles. The number of hydrogen-bond donors (Lipinski definition) is 1. The first-order valence-corrected chi connectivity index (χ1v) is 15.3. The van der Waals surface area contributed by atoms with Gasteiger partial charge in [-0.15, -0.1) is 0 Å². The van der Waals surface area contributed by atoms with Crippen LogP contribution in [0.1, 0.15) is 31.9 Å². The van der Waals surface area contributed by atoms with Crippen LogP contribution in [0, 0.1) is 6.92 Å². The third-order valence-corrected chi connectivity index (χ3v) is 8.46. The SMILES string of the molecule is Cc1cnc(-c2cccc(-c3cccc4c3nc(-c3cc(C(C)(C)C)ccc3O)n4-c3ccccc3)c2)cc1-c1ccccc1. The van der Waals surface area contributed by atoms with Crippen LogP contribution in [0.15, 0.2) is 134 Å². The molecule has 0 aliphatic rings. The minimum atomic E-state index is -0.0813. The maximum atomic E-state index is 11.2. The van der Waals surface area contributed by atoms with Crippen molar-refractivity contribution in [1.29, 1.82) is 0 Å². The second kappa shape index (κ2) is 11.2. The van der Waals surface area contributed by atoms with Crippen molar-refractivity contribution in [2.45, 2.75) is 33.1 Å². The number of aromatic hydroxyl groups is 1. The molecule has 2 heterocycles. The van der Waals surface area contributed by atoms with Crippen LogP contribution in [0.5, 0.6) is 5.75 Å². The number of rotatable bonds is 5. The molecule has 0 spiro atoms. The molecule has 220 valence electrons. The summed E-state index contributed by atoms with van der Waals surface area (Å²) >= 11 is 0. The number of phenolic OH excluding ortho intramolecular Hbond substituents is 1. The van der Waals surface area contributed by atoms with Gasteiger partial charge in [-0.25, -0.2) is 4.98 Å². The van der Waals surface area contributed by atoms with Crippen LogP contribution in [0.4, 0.5) is 0 Å². The molecule has 0 aliphatic carbocycles. The molecule has 0 radical (unpaired) electrons. The van der Waals surface area contributed by atoms with Gasteiger partial charge in [0.05, 0.1) is 22.3 Å². The van der Waals surface area contributed by atoms with Gasteiger partial charge in [0.25, 0.3) is 0 Å². The van der Waals surface area contributed by atoms with E-state index in [-0.39, 0.29) is 11.2 Å². The van der Waals surface area contributed by atoms with E-state index in [4.69, 9.17) is 9.97 Å². The maximum absolute atomic E-state index is 11.2. The smallest absolute Gasteiger partial charge is 0.149 e. The van der Waals surface area contributed by atoms with Gasteiger partial charge >= 0.3 is 0 Å². The Labute approximate surface area is 264 Å². The van der Waals surface area contributed by atoms with Crippen molar-refractivity contribution in [1.82, 2.24) is 14.5 Å². The minimum Gasteiger partial charge on any atom is -0.507 e. The maximum Gasteiger partial charge on any atom is 0.149 e. The Kier molecular flexibility index (Phi) is 7.06. The van der Waals surface area contributed by atoms with Gasteiger partial charge < -0.3 is 5.11 Å². The molecular weight excluding hydrogens is 550 g/mol. The first kappa shape index (κ1) is 28.3. The van der Waals surface area contributed by atoms with Gasteiger partial charge in [0.1, 0.15) is 11.6 Å². The van der Waals surface area contributed by atoms with E-state index in [1.54, 1.807) is 6.07 Å². The highest BCUT2D eigenvalue weighted by molar-refractivity contribution is 5.96. The third-order valence-electron chi connectivity index (χ3n) is 8.46. The number of nitrogens with zero attached hydrogens (tertiary/aromatic N) is 3. The molecule has 2 aromatic heterocycles. The van der Waals surface area contributed by atoms with Crippen LogP contribution in [-0.2, 0) is 5.41 Å². The molecule has 5 aromatic carbocycles. The molecule has 0 atom stereocenters. The highest BCUT2D eigenvalue weighted by atomic mass is 16.3. The summed E-state index contributed by atoms with van der Waals surface area (Å²) in [6.07, 6.45) is 1.96. The average molecular weight is 586 g/mol. The summed E-state index contributed by atoms with van der Waals surface area (Å²) in [7, 11) is 0. The van der Waals surface area contributed by atoms with Crippen LogP contribution >= 0.6 is 0 Å². The van der Waals surface area contributed by atoms with Crippen molar-refractivity contribution in [2.75, 3.05) is 0 Å². The Balaban J connectivity index is 1.41. The van der Waals surface area contributed by atoms with Gasteiger partial charge in [0.15, 0.2) is 0 Å². The number of hydrogen-bond acceptors (Lipinski definition) is 3. The summed E-state index contributed by atoms with van der Waals surface area (Å²) in [5, 5.41) is 11.2. The summed E-state index contributed by atoms with van der Waals surface area (Å²) in [6, 6.07) is 43.5. The van der Waals surface area contributed by atoms with E-state index in [9.17, 15) is 5.11 Å². The Morgan fingerprint density at radius 2 is 1.31 bits per heavy atom. The third kappa shape index (κ3) is 5.29. The molecule has 0 fully saturated rings. The van der Waals surface area contributed by atoms with E-state index in [1.807, 2.05) is 36.5 Å². The summed E-state index contributed by atoms with van der Waals surface area (Å²) in [4.78, 5) is 10.1. The highest BCUT2D eigenvalue weighted by Crippen LogP contribution is 2.40. The Bertz CT molecular complexity index is 2160. The van der Waals surface area contributed by atoms with Gasteiger partial charge in [-0.3, -0.25) is 9.55 Å². The van der Waals surface area contributed by atoms with Crippen LogP contribution in [0.25, 0.3) is 61.6 Å². The predicted molar refractivity (Wildman–Crippen MR) is 186 cm³/mol. The number of pyridine rings is 1. The second-order valence-electron chi connectivity index (χ2n) is 12.6. The quantitative estimate of drug-likeness (QED) is 0.219. The van der Waals surface area contributed by atoms with Gasteiger partial charge in [0, 0.05) is 23.0 Å². The van der Waals surface area contributed by atoms with E-state index in [0.717, 1.165) is 50.2 Å². The number of aromatic nitrogens is 3. The summed E-state index contributed by atoms with van der Waals surface area (Å²) in [5.41, 5.74) is 12.1. The zero-order valence-corrected chi connectivity index (χ0v) is 26.0. The number of fused-ring (bicyclic) bond motifs is 1. The second-order valence-corrected chi connectivity index (χ2v) is 12.6. The average Bonchev–Trinajstić information content (AvgIpc) is 3.45. The van der Waals surface area contributed by atoms with E-state index in [2.05, 4.69) is 123 Å². The zero-order chi connectivity index (χ0) is 31.1. The standard InChI is InChI=1S/C41H35N3O/c1-27-26-42-36(25-34(27)28-13-7-5-8-14-28)30-16-11-15-29(23-30)33-19-12-20-37-39(33)43-40(44(37)32-17-9-6-10-18-32)35-24-31(41(2,3)4)21-22-38(35)45/h5-26,45H,1-4H3. The zero-order valence-electron chi connectivity index (χ0n) is 26.0. The first-order valence-electron chi connectivity index (χ1n) is 15.3. The van der Waals surface area contributed by atoms with E-state index in [1.165, 1.54) is 11.1 Å². The largest absolute Gasteiger partial charge is 0.507 e. The van der Waals surface area contributed by atoms with E-state index in [0.29, 0.717) is 11.4 Å². The molecule has 45 heavy (non-hydrogen) atoms. The van der Waals surface area contributed by atoms with Gasteiger partial charge in [0.2, 0.25) is 0 Å². The summed E-state index contributed by atoms with van der Waals surface area (Å²) in [6.45, 7) is 8.65. The fourth-order valence-electron chi connectivity index (χ4n) is 5.99. The number of benzene rings is 5. The van der Waals surface area contributed by atoms with Crippen molar-refractivity contribution >= 4 is 11.0 Å². The minimum absolute atomic E-state index is 0.0813. The van der Waals surface area contributed by atoms with Gasteiger partial charge in [-0.2, -0.15) is 0 Å². The monoisotopic (exact) mass is 585 g/mol. The molecule has 0 unspecified atom stereocenters. The number of phenols is 1. The summed E-state index contributed by atoms with van der Waals surface area (Å²) in [5.74, 6) is 0.912. The fraction of sp³-hybridized carbons (Fsp3) is 0.122. The molecule has 7 rings (SSSR count). The van der Waals surface area contributed by atoms with Gasteiger partial charge in [-0.05, 0) is 82.6 Å². The Morgan fingerprint density at radius 1 is 0.622 bits per heavy atom. The normalized spacial score (nSPS) is 11.6. The van der Waals surface area contributed by atoms with Crippen molar-refractivity contribution in [3.8, 4) is 56.3 Å². The van der Waals surface area contributed by atoms with Crippen molar-refractivity contribution in [2.24, 2.45) is 0 Å². The number of aryl methyl sites for hydroxylation is 1. The molecule has 0 bridgehead atoms. The van der Waals surface area contributed by atoms with E-state index >= 15 is 0 Å². The Hall–Kier alpha value is -5.48. The van der Waals surface area contributed by atoms with Crippen LogP contribution in [0.3, 0.4) is 0 Å². The van der Waals surface area contributed by atoms with Gasteiger partial charge in [-0.1, -0.05) is 106 Å². The molecule has 1 N–H and O–H groups in total. The fourth-order valence-corrected chi connectivity index (χ4v) is 5.99. The lowest BCUT2D eigenvalue weighted by atomic mass is 9.86. The van der Waals surface area contributed by atoms with Crippen molar-refractivity contribution in [3.63, 3.8) is 0 Å². The van der Waals surface area contributed by atoms with Crippen molar-refractivity contribution in [3.05, 3.63) is 145 Å². The van der Waals surface area contributed by atoms with Crippen LogP contribution in [-0.4, -0.2) is 19.6 Å². The van der Waals surface area contributed by atoms with Crippen molar-refractivity contribution < 1.29 is 5.11 Å². The molecule has 0 amide bonds. The molecule has 7 aromatic rings. The van der Waals surface area contributed by atoms with Crippen LogP contribution in [0.2, 0.25) is 0 Å². The predicted octanol–water partition coefficient (Wildman–Crippen LogP) is 10.4. The molecule has 0 saturated carbocycles. The molecule has 4 heteroatoms. The first-order chi connectivity index (χ1) is 21.8. The number of para-hydroxylation sites is 2. The molecule has 4 nitrogen and oxygen atoms in total. The lowest BCUT2D eigenvalue weighted by Crippen LogP contribution is -2.11. The van der Waals surface area contributed by atoms with Crippen LogP contribution < -0.4 is 0 Å². The van der Waals surface area contributed by atoms with E-state index < -0.39 is 0 Å². The lowest BCUT2D eigenvalue weighted by molar-refractivity contribution is 0.475. The topological polar surface area (TPSA) is 50.9 Å². The summed E-state index contributed by atoms with van der Waals surface area (Å²) < 4.78 is 2.15. The lowest BCUT2D eigenvalue weighted by Gasteiger charge is -2.20. The molecule has 0 aliphatic heterocycles. The Morgan fingerprint density at radius 3 is 2.07 bits per heavy atom. The molecular formula is C41H35N3O. The number of imidazole rings is 1.